The molecule has 1 amide bonds. The van der Waals surface area contributed by atoms with Crippen LogP contribution in [0.15, 0.2) is 29.2 Å². The number of nitrogens with zero attached hydrogens (tertiary/aromatic N) is 3. The van der Waals surface area contributed by atoms with Crippen LogP contribution in [0.5, 0.6) is 0 Å². The highest BCUT2D eigenvalue weighted by molar-refractivity contribution is 7.89. The molecule has 0 radical (unpaired) electrons. The van der Waals surface area contributed by atoms with Crippen molar-refractivity contribution in [1.29, 1.82) is 0 Å². The maximum atomic E-state index is 13.4. The molecule has 0 spiro atoms. The lowest BCUT2D eigenvalue weighted by atomic mass is 9.98. The largest absolute Gasteiger partial charge is 0.373 e. The fourth-order valence-electron chi connectivity index (χ4n) is 4.42. The molecule has 1 aromatic carbocycles. The zero-order valence-corrected chi connectivity index (χ0v) is 19.7. The van der Waals surface area contributed by atoms with Gasteiger partial charge in [-0.05, 0) is 38.0 Å². The Hall–Kier alpha value is -1.19. The summed E-state index contributed by atoms with van der Waals surface area (Å²) in [7, 11) is -3.62. The number of ether oxygens (including phenoxy) is 1. The first-order valence-electron chi connectivity index (χ1n) is 10.5. The summed E-state index contributed by atoms with van der Waals surface area (Å²) in [4.78, 5) is 17.6. The van der Waals surface area contributed by atoms with E-state index in [1.54, 1.807) is 23.1 Å². The molecule has 2 aliphatic rings. The molecule has 30 heavy (non-hydrogen) atoms. The highest BCUT2D eigenvalue weighted by atomic mass is 35.5. The van der Waals surface area contributed by atoms with Crippen molar-refractivity contribution < 1.29 is 17.9 Å². The Kier molecular flexibility index (Phi) is 7.45. The first kappa shape index (κ1) is 23.5. The van der Waals surface area contributed by atoms with Gasteiger partial charge in [-0.25, -0.2) is 8.42 Å². The topological polar surface area (TPSA) is 70.2 Å². The van der Waals surface area contributed by atoms with Crippen molar-refractivity contribution in [3.8, 4) is 0 Å². The summed E-state index contributed by atoms with van der Waals surface area (Å²) in [6.07, 6.45) is 0.171. The SMILES string of the molecule is CC1CN(C(C(=O)N2CCN(S(=O)(=O)c3cccc(Cl)c3)CC2)C(C)C)CC(C)O1. The first-order chi connectivity index (χ1) is 14.1. The molecule has 168 valence electrons. The van der Waals surface area contributed by atoms with Gasteiger partial charge in [0.1, 0.15) is 0 Å². The van der Waals surface area contributed by atoms with Crippen molar-refractivity contribution in [2.75, 3.05) is 39.3 Å². The number of carbonyl (C=O) groups excluding carboxylic acids is 1. The zero-order chi connectivity index (χ0) is 22.1. The number of amides is 1. The number of piperazine rings is 1. The number of rotatable bonds is 5. The van der Waals surface area contributed by atoms with Crippen LogP contribution in [0.25, 0.3) is 0 Å². The first-order valence-corrected chi connectivity index (χ1v) is 12.4. The van der Waals surface area contributed by atoms with Gasteiger partial charge in [-0.3, -0.25) is 9.69 Å². The average molecular weight is 458 g/mol. The number of morpholine rings is 1. The Labute approximate surface area is 185 Å². The number of benzene rings is 1. The van der Waals surface area contributed by atoms with Crippen LogP contribution in [-0.4, -0.2) is 85.9 Å². The summed E-state index contributed by atoms with van der Waals surface area (Å²) in [6.45, 7) is 11.0. The van der Waals surface area contributed by atoms with Crippen molar-refractivity contribution in [2.45, 2.75) is 50.8 Å². The molecule has 0 aliphatic carbocycles. The minimum absolute atomic E-state index is 0.0751. The van der Waals surface area contributed by atoms with E-state index in [4.69, 9.17) is 16.3 Å². The molecule has 0 bridgehead atoms. The summed E-state index contributed by atoms with van der Waals surface area (Å²) in [5.41, 5.74) is 0. The average Bonchev–Trinajstić information content (AvgIpc) is 2.67. The van der Waals surface area contributed by atoms with Gasteiger partial charge >= 0.3 is 0 Å². The highest BCUT2D eigenvalue weighted by Gasteiger charge is 2.38. The third kappa shape index (κ3) is 5.16. The summed E-state index contributed by atoms with van der Waals surface area (Å²) in [5.74, 6) is 0.231. The van der Waals surface area contributed by atoms with Crippen LogP contribution in [0.3, 0.4) is 0 Å². The van der Waals surface area contributed by atoms with Crippen molar-refractivity contribution >= 4 is 27.5 Å². The lowest BCUT2D eigenvalue weighted by molar-refractivity contribution is -0.146. The van der Waals surface area contributed by atoms with E-state index in [0.29, 0.717) is 18.1 Å². The molecule has 7 nitrogen and oxygen atoms in total. The molecule has 9 heteroatoms. The van der Waals surface area contributed by atoms with Gasteiger partial charge in [0.2, 0.25) is 15.9 Å². The molecule has 3 unspecified atom stereocenters. The van der Waals surface area contributed by atoms with E-state index >= 15 is 0 Å². The van der Waals surface area contributed by atoms with Crippen molar-refractivity contribution in [2.24, 2.45) is 5.92 Å². The third-order valence-electron chi connectivity index (χ3n) is 5.71. The van der Waals surface area contributed by atoms with Crippen LogP contribution in [0.1, 0.15) is 27.7 Å². The second kappa shape index (κ2) is 9.53. The van der Waals surface area contributed by atoms with E-state index in [9.17, 15) is 13.2 Å². The summed E-state index contributed by atoms with van der Waals surface area (Å²) in [6, 6.07) is 6.07. The molecule has 1 aromatic rings. The van der Waals surface area contributed by atoms with Crippen molar-refractivity contribution in [3.05, 3.63) is 29.3 Å². The fourth-order valence-corrected chi connectivity index (χ4v) is 6.14. The second-order valence-corrected chi connectivity index (χ2v) is 11.0. The molecule has 2 heterocycles. The van der Waals surface area contributed by atoms with E-state index in [1.807, 2.05) is 13.8 Å². The van der Waals surface area contributed by atoms with Gasteiger partial charge in [0.05, 0.1) is 23.1 Å². The third-order valence-corrected chi connectivity index (χ3v) is 7.84. The van der Waals surface area contributed by atoms with Crippen molar-refractivity contribution in [3.63, 3.8) is 0 Å². The molecular weight excluding hydrogens is 426 g/mol. The Balaban J connectivity index is 1.68. The summed E-state index contributed by atoms with van der Waals surface area (Å²) < 4.78 is 33.1. The Morgan fingerprint density at radius 1 is 1.10 bits per heavy atom. The summed E-state index contributed by atoms with van der Waals surface area (Å²) in [5, 5.41) is 0.388. The van der Waals surface area contributed by atoms with Gasteiger partial charge in [0.15, 0.2) is 0 Å². The lowest BCUT2D eigenvalue weighted by Crippen LogP contribution is -2.60. The van der Waals surface area contributed by atoms with E-state index < -0.39 is 10.0 Å². The Morgan fingerprint density at radius 2 is 1.70 bits per heavy atom. The van der Waals surface area contributed by atoms with Gasteiger partial charge in [-0.2, -0.15) is 4.31 Å². The highest BCUT2D eigenvalue weighted by Crippen LogP contribution is 2.23. The van der Waals surface area contributed by atoms with Crippen LogP contribution in [0.2, 0.25) is 5.02 Å². The maximum absolute atomic E-state index is 13.4. The molecule has 2 saturated heterocycles. The lowest BCUT2D eigenvalue weighted by Gasteiger charge is -2.43. The number of halogens is 1. The molecular formula is C21H32ClN3O4S. The predicted molar refractivity (Wildman–Crippen MR) is 117 cm³/mol. The number of hydrogen-bond donors (Lipinski definition) is 0. The van der Waals surface area contributed by atoms with E-state index in [0.717, 1.165) is 13.1 Å². The van der Waals surface area contributed by atoms with Crippen LogP contribution in [0, 0.1) is 5.92 Å². The maximum Gasteiger partial charge on any atom is 0.243 e. The Morgan fingerprint density at radius 3 is 2.23 bits per heavy atom. The molecule has 0 aromatic heterocycles. The quantitative estimate of drug-likeness (QED) is 0.678. The standard InChI is InChI=1S/C21H32ClN3O4S/c1-15(2)20(24-13-16(3)29-17(4)14-24)21(26)23-8-10-25(11-9-23)30(27,28)19-7-5-6-18(22)12-19/h5-7,12,15-17,20H,8-11,13-14H2,1-4H3. The smallest absolute Gasteiger partial charge is 0.243 e. The van der Waals surface area contributed by atoms with E-state index in [2.05, 4.69) is 18.7 Å². The van der Waals surface area contributed by atoms with E-state index in [-0.39, 0.29) is 48.1 Å². The fraction of sp³-hybridized carbons (Fsp3) is 0.667. The second-order valence-electron chi connectivity index (χ2n) is 8.59. The van der Waals surface area contributed by atoms with Crippen LogP contribution in [0.4, 0.5) is 0 Å². The van der Waals surface area contributed by atoms with Gasteiger partial charge in [-0.15, -0.1) is 0 Å². The van der Waals surface area contributed by atoms with Crippen LogP contribution < -0.4 is 0 Å². The van der Waals surface area contributed by atoms with Gasteiger partial charge in [0, 0.05) is 44.3 Å². The van der Waals surface area contributed by atoms with Gasteiger partial charge in [0.25, 0.3) is 0 Å². The molecule has 3 rings (SSSR count). The summed E-state index contributed by atoms with van der Waals surface area (Å²) >= 11 is 5.96. The normalized spacial score (nSPS) is 25.5. The predicted octanol–water partition coefficient (Wildman–Crippen LogP) is 2.31. The Bertz CT molecular complexity index is 846. The molecule has 0 saturated carbocycles. The molecule has 2 aliphatic heterocycles. The molecule has 3 atom stereocenters. The zero-order valence-electron chi connectivity index (χ0n) is 18.1. The minimum atomic E-state index is -3.62. The molecule has 2 fully saturated rings. The van der Waals surface area contributed by atoms with Crippen molar-refractivity contribution in [1.82, 2.24) is 14.1 Å². The van der Waals surface area contributed by atoms with Gasteiger partial charge in [-0.1, -0.05) is 31.5 Å². The van der Waals surface area contributed by atoms with Gasteiger partial charge < -0.3 is 9.64 Å². The monoisotopic (exact) mass is 457 g/mol. The van der Waals surface area contributed by atoms with Crippen LogP contribution >= 0.6 is 11.6 Å². The number of sulfonamides is 1. The number of hydrogen-bond acceptors (Lipinski definition) is 5. The van der Waals surface area contributed by atoms with E-state index in [1.165, 1.54) is 10.4 Å². The van der Waals surface area contributed by atoms with Crippen LogP contribution in [-0.2, 0) is 19.6 Å². The molecule has 0 N–H and O–H groups in total. The number of carbonyl (C=O) groups is 1. The minimum Gasteiger partial charge on any atom is -0.373 e.